The second kappa shape index (κ2) is 5.55. The largest absolute Gasteiger partial charge is 0.464 e. The van der Waals surface area contributed by atoms with Crippen LogP contribution in [0, 0.1) is 0 Å². The summed E-state index contributed by atoms with van der Waals surface area (Å²) in [4.78, 5) is 20.9. The van der Waals surface area contributed by atoms with Crippen LogP contribution in [0.15, 0.2) is 0 Å². The fourth-order valence-electron chi connectivity index (χ4n) is 0.558. The van der Waals surface area contributed by atoms with Crippen LogP contribution in [-0.4, -0.2) is 37.2 Å². The highest BCUT2D eigenvalue weighted by atomic mass is 32.2. The maximum absolute atomic E-state index is 10.7. The molecular formula is C6H11NO6S. The molecule has 0 saturated heterocycles. The molecule has 0 rings (SSSR count). The Kier molecular flexibility index (Phi) is 5.10. The molecule has 0 saturated carbocycles. The summed E-state index contributed by atoms with van der Waals surface area (Å²) in [5.41, 5.74) is 4.76. The van der Waals surface area contributed by atoms with Crippen LogP contribution in [0.25, 0.3) is 0 Å². The van der Waals surface area contributed by atoms with Gasteiger partial charge in [-0.25, -0.2) is 0 Å². The zero-order valence-corrected chi connectivity index (χ0v) is 8.12. The van der Waals surface area contributed by atoms with Crippen molar-refractivity contribution >= 4 is 22.0 Å². The maximum Gasteiger partial charge on any atom is 0.306 e. The van der Waals surface area contributed by atoms with E-state index >= 15 is 0 Å². The van der Waals surface area contributed by atoms with Crippen LogP contribution < -0.4 is 5.73 Å². The van der Waals surface area contributed by atoms with E-state index in [1.54, 1.807) is 0 Å². The molecule has 3 N–H and O–H groups in total. The van der Waals surface area contributed by atoms with Crippen LogP contribution in [0.5, 0.6) is 0 Å². The molecule has 0 bridgehead atoms. The van der Waals surface area contributed by atoms with Gasteiger partial charge in [0.1, 0.15) is 12.4 Å². The van der Waals surface area contributed by atoms with E-state index in [0.29, 0.717) is 0 Å². The van der Waals surface area contributed by atoms with Crippen LogP contribution in [0.3, 0.4) is 0 Å². The van der Waals surface area contributed by atoms with Gasteiger partial charge >= 0.3 is 5.97 Å². The van der Waals surface area contributed by atoms with E-state index in [-0.39, 0.29) is 12.8 Å². The number of esters is 1. The predicted molar refractivity (Wildman–Crippen MR) is 45.8 cm³/mol. The Morgan fingerprint density at radius 2 is 1.86 bits per heavy atom. The zero-order chi connectivity index (χ0) is 11.2. The molecule has 0 radical (unpaired) electrons. The van der Waals surface area contributed by atoms with E-state index in [9.17, 15) is 18.0 Å². The molecule has 14 heavy (non-hydrogen) atoms. The Balaban J connectivity index is 3.60. The lowest BCUT2D eigenvalue weighted by Crippen LogP contribution is -2.17. The van der Waals surface area contributed by atoms with Crippen molar-refractivity contribution in [3.8, 4) is 0 Å². The minimum absolute atomic E-state index is 0.148. The van der Waals surface area contributed by atoms with E-state index in [2.05, 4.69) is 4.74 Å². The molecule has 0 aliphatic heterocycles. The minimum atomic E-state index is -4.12. The molecule has 0 heterocycles. The molecule has 0 atom stereocenters. The quantitative estimate of drug-likeness (QED) is 0.427. The summed E-state index contributed by atoms with van der Waals surface area (Å²) in [5.74, 6) is -2.03. The number of amides is 1. The van der Waals surface area contributed by atoms with Gasteiger partial charge in [-0.2, -0.15) is 8.42 Å². The van der Waals surface area contributed by atoms with Crippen molar-refractivity contribution in [1.29, 1.82) is 0 Å². The fraction of sp³-hybridized carbons (Fsp3) is 0.667. The van der Waals surface area contributed by atoms with Crippen LogP contribution in [0.4, 0.5) is 0 Å². The summed E-state index contributed by atoms with van der Waals surface area (Å²) in [6.07, 6.45) is -0.342. The number of ether oxygens (including phenoxy) is 1. The predicted octanol–water partition coefficient (Wildman–Crippen LogP) is -1.32. The first-order valence-corrected chi connectivity index (χ1v) is 5.31. The van der Waals surface area contributed by atoms with Gasteiger partial charge in [0.25, 0.3) is 10.1 Å². The number of carbonyl (C=O) groups excluding carboxylic acids is 2. The SMILES string of the molecule is NC(=O)CCC(=O)OCCS(=O)(=O)O. The van der Waals surface area contributed by atoms with Gasteiger partial charge in [0.2, 0.25) is 5.91 Å². The molecule has 7 nitrogen and oxygen atoms in total. The van der Waals surface area contributed by atoms with Crippen molar-refractivity contribution in [2.75, 3.05) is 12.4 Å². The lowest BCUT2D eigenvalue weighted by atomic mass is 10.3. The highest BCUT2D eigenvalue weighted by molar-refractivity contribution is 7.85. The Labute approximate surface area is 81.0 Å². The van der Waals surface area contributed by atoms with Crippen LogP contribution in [0.2, 0.25) is 0 Å². The summed E-state index contributed by atoms with van der Waals surface area (Å²) < 4.78 is 33.0. The second-order valence-electron chi connectivity index (χ2n) is 2.47. The van der Waals surface area contributed by atoms with Gasteiger partial charge in [0, 0.05) is 6.42 Å². The lowest BCUT2D eigenvalue weighted by molar-refractivity contribution is -0.144. The number of carbonyl (C=O) groups is 2. The molecule has 1 amide bonds. The average molecular weight is 225 g/mol. The van der Waals surface area contributed by atoms with E-state index in [0.717, 1.165) is 0 Å². The summed E-state index contributed by atoms with van der Waals surface area (Å²) >= 11 is 0. The molecule has 0 aliphatic carbocycles. The van der Waals surface area contributed by atoms with E-state index in [1.165, 1.54) is 0 Å². The van der Waals surface area contributed by atoms with Crippen molar-refractivity contribution in [2.45, 2.75) is 12.8 Å². The third-order valence-electron chi connectivity index (χ3n) is 1.18. The van der Waals surface area contributed by atoms with Crippen LogP contribution in [0.1, 0.15) is 12.8 Å². The summed E-state index contributed by atoms with van der Waals surface area (Å²) in [5, 5.41) is 0. The Morgan fingerprint density at radius 1 is 1.29 bits per heavy atom. The van der Waals surface area contributed by atoms with Crippen molar-refractivity contribution in [3.63, 3.8) is 0 Å². The van der Waals surface area contributed by atoms with E-state index < -0.39 is 34.4 Å². The van der Waals surface area contributed by atoms with Gasteiger partial charge in [0.05, 0.1) is 6.42 Å². The van der Waals surface area contributed by atoms with Crippen molar-refractivity contribution < 1.29 is 27.3 Å². The van der Waals surface area contributed by atoms with Gasteiger partial charge in [-0.15, -0.1) is 0 Å². The molecular weight excluding hydrogens is 214 g/mol. The number of nitrogens with two attached hydrogens (primary N) is 1. The van der Waals surface area contributed by atoms with Gasteiger partial charge in [0.15, 0.2) is 0 Å². The second-order valence-corrected chi connectivity index (χ2v) is 4.04. The zero-order valence-electron chi connectivity index (χ0n) is 7.30. The average Bonchev–Trinajstić information content (AvgIpc) is 1.98. The van der Waals surface area contributed by atoms with Gasteiger partial charge in [-0.1, -0.05) is 0 Å². The Hall–Kier alpha value is -1.15. The third-order valence-corrected chi connectivity index (χ3v) is 1.86. The van der Waals surface area contributed by atoms with Gasteiger partial charge in [-0.05, 0) is 0 Å². The number of hydrogen-bond acceptors (Lipinski definition) is 5. The molecule has 0 unspecified atom stereocenters. The highest BCUT2D eigenvalue weighted by Gasteiger charge is 2.08. The van der Waals surface area contributed by atoms with Crippen molar-refractivity contribution in [1.82, 2.24) is 0 Å². The summed E-state index contributed by atoms with van der Waals surface area (Å²) in [6, 6.07) is 0. The number of primary amides is 1. The molecule has 0 aromatic heterocycles. The molecule has 0 aliphatic rings. The normalized spacial score (nSPS) is 10.9. The topological polar surface area (TPSA) is 124 Å². The molecule has 0 spiro atoms. The highest BCUT2D eigenvalue weighted by Crippen LogP contribution is 1.92. The monoisotopic (exact) mass is 225 g/mol. The molecule has 8 heteroatoms. The number of hydrogen-bond donors (Lipinski definition) is 2. The van der Waals surface area contributed by atoms with Gasteiger partial charge in [-0.3, -0.25) is 14.1 Å². The Morgan fingerprint density at radius 3 is 2.29 bits per heavy atom. The summed E-state index contributed by atoms with van der Waals surface area (Å²) in [6.45, 7) is -0.434. The first kappa shape index (κ1) is 12.8. The van der Waals surface area contributed by atoms with Gasteiger partial charge < -0.3 is 10.5 Å². The number of rotatable bonds is 6. The Bertz CT molecular complexity index is 308. The van der Waals surface area contributed by atoms with Crippen molar-refractivity contribution in [3.05, 3.63) is 0 Å². The first-order chi connectivity index (χ1) is 6.31. The maximum atomic E-state index is 10.7. The lowest BCUT2D eigenvalue weighted by Gasteiger charge is -2.01. The summed E-state index contributed by atoms with van der Waals surface area (Å²) in [7, 11) is -4.12. The standard InChI is InChI=1S/C6H11NO6S/c7-5(8)1-2-6(9)13-3-4-14(10,11)12/h1-4H2,(H2,7,8)(H,10,11,12). The van der Waals surface area contributed by atoms with Crippen molar-refractivity contribution in [2.24, 2.45) is 5.73 Å². The molecule has 0 aromatic rings. The molecule has 82 valence electrons. The minimum Gasteiger partial charge on any atom is -0.464 e. The third kappa shape index (κ3) is 8.94. The first-order valence-electron chi connectivity index (χ1n) is 3.70. The molecule has 0 aromatic carbocycles. The van der Waals surface area contributed by atoms with Crippen LogP contribution in [-0.2, 0) is 24.4 Å². The fourth-order valence-corrected chi connectivity index (χ4v) is 0.852. The molecule has 0 fully saturated rings. The van der Waals surface area contributed by atoms with E-state index in [1.807, 2.05) is 0 Å². The smallest absolute Gasteiger partial charge is 0.306 e. The van der Waals surface area contributed by atoms with E-state index in [4.69, 9.17) is 10.3 Å². The van der Waals surface area contributed by atoms with Crippen LogP contribution >= 0.6 is 0 Å².